The van der Waals surface area contributed by atoms with Crippen molar-refractivity contribution < 1.29 is 10.0 Å². The highest BCUT2D eigenvalue weighted by molar-refractivity contribution is 5.60. The molecular weight excluding hydrogens is 260 g/mol. The first-order valence-electron chi connectivity index (χ1n) is 7.13. The number of hydrogen-bond donors (Lipinski definition) is 2. The maximum absolute atomic E-state index is 11.2. The molecule has 2 N–H and O–H groups in total. The third-order valence-corrected chi connectivity index (χ3v) is 3.98. The molecule has 1 aliphatic carbocycles. The minimum atomic E-state index is -0.761. The molecule has 0 spiro atoms. The average Bonchev–Trinajstić information content (AvgIpc) is 2.74. The highest BCUT2D eigenvalue weighted by Gasteiger charge is 2.31. The van der Waals surface area contributed by atoms with Gasteiger partial charge in [-0.2, -0.15) is 5.10 Å². The molecule has 1 fully saturated rings. The maximum atomic E-state index is 11.2. The molecule has 7 heteroatoms. The Bertz CT molecular complexity index is 492. The van der Waals surface area contributed by atoms with Crippen LogP contribution in [0.3, 0.4) is 0 Å². The number of nitro groups is 1. The van der Waals surface area contributed by atoms with Gasteiger partial charge in [0.05, 0.1) is 10.5 Å². The van der Waals surface area contributed by atoms with Crippen molar-refractivity contribution in [2.45, 2.75) is 51.0 Å². The Morgan fingerprint density at radius 1 is 1.45 bits per heavy atom. The third-order valence-electron chi connectivity index (χ3n) is 3.98. The van der Waals surface area contributed by atoms with E-state index in [9.17, 15) is 15.2 Å². The van der Waals surface area contributed by atoms with Crippen LogP contribution in [0.1, 0.15) is 44.7 Å². The Morgan fingerprint density at radius 2 is 2.10 bits per heavy atom. The summed E-state index contributed by atoms with van der Waals surface area (Å²) in [5, 5.41) is 28.9. The molecule has 0 aliphatic heterocycles. The lowest BCUT2D eigenvalue weighted by Gasteiger charge is -2.32. The number of aryl methyl sites for hydroxylation is 2. The van der Waals surface area contributed by atoms with Gasteiger partial charge in [-0.25, -0.2) is 4.68 Å². The number of nitrogens with zero attached hydrogens (tertiary/aromatic N) is 3. The van der Waals surface area contributed by atoms with Crippen LogP contribution in [-0.4, -0.2) is 32.0 Å². The molecule has 20 heavy (non-hydrogen) atoms. The van der Waals surface area contributed by atoms with E-state index in [-0.39, 0.29) is 5.69 Å². The standard InChI is InChI=1S/C13H22N4O3/c1-3-10-11(17(19)20)12(16(2)15-10)14-9-13(18)7-5-4-6-8-13/h14,18H,3-9H2,1-2H3. The largest absolute Gasteiger partial charge is 0.388 e. The molecule has 0 unspecified atom stereocenters. The van der Waals surface area contributed by atoms with Crippen LogP contribution >= 0.6 is 0 Å². The molecule has 1 aromatic rings. The van der Waals surface area contributed by atoms with Crippen molar-refractivity contribution in [3.63, 3.8) is 0 Å². The normalized spacial score (nSPS) is 17.9. The first-order chi connectivity index (χ1) is 9.47. The van der Waals surface area contributed by atoms with Gasteiger partial charge in [0.15, 0.2) is 0 Å². The molecule has 2 rings (SSSR count). The Hall–Kier alpha value is -1.63. The summed E-state index contributed by atoms with van der Waals surface area (Å²) in [6.07, 6.45) is 5.15. The maximum Gasteiger partial charge on any atom is 0.333 e. The predicted molar refractivity (Wildman–Crippen MR) is 75.8 cm³/mol. The van der Waals surface area contributed by atoms with Crippen molar-refractivity contribution in [1.29, 1.82) is 0 Å². The van der Waals surface area contributed by atoms with E-state index in [1.54, 1.807) is 7.05 Å². The summed E-state index contributed by atoms with van der Waals surface area (Å²) >= 11 is 0. The molecule has 1 aliphatic rings. The number of aromatic nitrogens is 2. The molecule has 7 nitrogen and oxygen atoms in total. The molecule has 0 bridgehead atoms. The quantitative estimate of drug-likeness (QED) is 0.636. The van der Waals surface area contributed by atoms with Gasteiger partial charge in [-0.3, -0.25) is 10.1 Å². The third kappa shape index (κ3) is 2.92. The highest BCUT2D eigenvalue weighted by atomic mass is 16.6. The van der Waals surface area contributed by atoms with Gasteiger partial charge < -0.3 is 10.4 Å². The van der Waals surface area contributed by atoms with E-state index in [1.807, 2.05) is 6.92 Å². The summed E-state index contributed by atoms with van der Waals surface area (Å²) in [5.74, 6) is 0.380. The predicted octanol–water partition coefficient (Wildman–Crippen LogP) is 2.00. The summed E-state index contributed by atoms with van der Waals surface area (Å²) in [7, 11) is 1.68. The van der Waals surface area contributed by atoms with Gasteiger partial charge in [0.1, 0.15) is 5.69 Å². The summed E-state index contributed by atoms with van der Waals surface area (Å²) < 4.78 is 1.49. The second-order valence-electron chi connectivity index (χ2n) is 5.52. The fourth-order valence-corrected chi connectivity index (χ4v) is 2.83. The van der Waals surface area contributed by atoms with E-state index >= 15 is 0 Å². The Labute approximate surface area is 118 Å². The summed E-state index contributed by atoms with van der Waals surface area (Å²) in [6.45, 7) is 2.17. The van der Waals surface area contributed by atoms with Gasteiger partial charge >= 0.3 is 5.69 Å². The minimum Gasteiger partial charge on any atom is -0.388 e. The molecule has 0 radical (unpaired) electrons. The van der Waals surface area contributed by atoms with E-state index in [1.165, 1.54) is 4.68 Å². The van der Waals surface area contributed by atoms with E-state index < -0.39 is 10.5 Å². The zero-order valence-electron chi connectivity index (χ0n) is 12.1. The fraction of sp³-hybridized carbons (Fsp3) is 0.769. The Kier molecular flexibility index (Phi) is 4.27. The first-order valence-corrected chi connectivity index (χ1v) is 7.13. The molecule has 0 amide bonds. The molecule has 1 aromatic heterocycles. The van der Waals surface area contributed by atoms with Gasteiger partial charge in [0.25, 0.3) is 0 Å². The van der Waals surface area contributed by atoms with Crippen molar-refractivity contribution in [2.24, 2.45) is 7.05 Å². The van der Waals surface area contributed by atoms with Gasteiger partial charge in [0.2, 0.25) is 5.82 Å². The van der Waals surface area contributed by atoms with E-state index in [2.05, 4.69) is 10.4 Å². The average molecular weight is 282 g/mol. The SMILES string of the molecule is CCc1nn(C)c(NCC2(O)CCCCC2)c1[N+](=O)[O-]. The van der Waals surface area contributed by atoms with Crippen molar-refractivity contribution in [3.8, 4) is 0 Å². The van der Waals surface area contributed by atoms with Gasteiger partial charge in [0, 0.05) is 13.6 Å². The van der Waals surface area contributed by atoms with E-state index in [0.717, 1.165) is 32.1 Å². The van der Waals surface area contributed by atoms with E-state index in [0.29, 0.717) is 24.5 Å². The number of aliphatic hydroxyl groups is 1. The van der Waals surface area contributed by atoms with Crippen LogP contribution in [0.25, 0.3) is 0 Å². The van der Waals surface area contributed by atoms with Crippen LogP contribution in [0.2, 0.25) is 0 Å². The van der Waals surface area contributed by atoms with Crippen LogP contribution in [0.5, 0.6) is 0 Å². The lowest BCUT2D eigenvalue weighted by Crippen LogP contribution is -2.39. The van der Waals surface area contributed by atoms with Crippen LogP contribution < -0.4 is 5.32 Å². The van der Waals surface area contributed by atoms with Crippen LogP contribution in [0, 0.1) is 10.1 Å². The molecule has 1 heterocycles. The Morgan fingerprint density at radius 3 is 2.65 bits per heavy atom. The lowest BCUT2D eigenvalue weighted by atomic mass is 9.85. The first kappa shape index (κ1) is 14.8. The van der Waals surface area contributed by atoms with Crippen LogP contribution in [-0.2, 0) is 13.5 Å². The lowest BCUT2D eigenvalue weighted by molar-refractivity contribution is -0.384. The van der Waals surface area contributed by atoms with E-state index in [4.69, 9.17) is 0 Å². The summed E-state index contributed by atoms with van der Waals surface area (Å²) in [6, 6.07) is 0. The number of hydrogen-bond acceptors (Lipinski definition) is 5. The zero-order chi connectivity index (χ0) is 14.8. The molecule has 0 atom stereocenters. The number of rotatable bonds is 5. The minimum absolute atomic E-state index is 0.0226. The smallest absolute Gasteiger partial charge is 0.333 e. The topological polar surface area (TPSA) is 93.2 Å². The van der Waals surface area contributed by atoms with Crippen molar-refractivity contribution in [1.82, 2.24) is 9.78 Å². The van der Waals surface area contributed by atoms with Crippen molar-refractivity contribution >= 4 is 11.5 Å². The van der Waals surface area contributed by atoms with Crippen LogP contribution in [0.15, 0.2) is 0 Å². The van der Waals surface area contributed by atoms with Gasteiger partial charge in [-0.05, 0) is 19.3 Å². The van der Waals surface area contributed by atoms with Crippen molar-refractivity contribution in [3.05, 3.63) is 15.8 Å². The van der Waals surface area contributed by atoms with Gasteiger partial charge in [-0.15, -0.1) is 0 Å². The number of anilines is 1. The molecule has 0 aromatic carbocycles. The molecule has 1 saturated carbocycles. The van der Waals surface area contributed by atoms with Gasteiger partial charge in [-0.1, -0.05) is 26.2 Å². The van der Waals surface area contributed by atoms with Crippen molar-refractivity contribution in [2.75, 3.05) is 11.9 Å². The zero-order valence-corrected chi connectivity index (χ0v) is 12.1. The second-order valence-corrected chi connectivity index (χ2v) is 5.52. The monoisotopic (exact) mass is 282 g/mol. The molecular formula is C13H22N4O3. The number of nitrogens with one attached hydrogen (secondary N) is 1. The summed E-state index contributed by atoms with van der Waals surface area (Å²) in [4.78, 5) is 10.8. The molecule has 112 valence electrons. The van der Waals surface area contributed by atoms with Crippen LogP contribution in [0.4, 0.5) is 11.5 Å². The Balaban J connectivity index is 2.16. The summed E-state index contributed by atoms with van der Waals surface area (Å²) in [5.41, 5.74) is -0.270. The molecule has 0 saturated heterocycles. The highest BCUT2D eigenvalue weighted by Crippen LogP contribution is 2.32. The second kappa shape index (κ2) is 5.78. The fourth-order valence-electron chi connectivity index (χ4n) is 2.83.